The molecule has 2 saturated heterocycles. The predicted molar refractivity (Wildman–Crippen MR) is 152 cm³/mol. The molecule has 0 aromatic heterocycles. The summed E-state index contributed by atoms with van der Waals surface area (Å²) in [5.74, 6) is -0.289. The van der Waals surface area contributed by atoms with Crippen LogP contribution in [0.2, 0.25) is 0 Å². The SMILES string of the molecule is CCc1ccc(NC(=O)CN2CN(c3ccccc3)C3(CCN(C(=O)NCc4ccccc4)CC3)C2=O)cc1. The highest BCUT2D eigenvalue weighted by Gasteiger charge is 2.54. The van der Waals surface area contributed by atoms with E-state index in [4.69, 9.17) is 0 Å². The number of likely N-dealkylation sites (tertiary alicyclic amines) is 1. The standard InChI is InChI=1S/C31H35N5O3/c1-2-24-13-15-26(16-14-24)33-28(37)22-35-23-36(27-11-7-4-8-12-27)31(29(35)38)17-19-34(20-18-31)30(39)32-21-25-9-5-3-6-10-25/h3-16H,2,17-23H2,1H3,(H,32,39)(H,33,37). The zero-order valence-corrected chi connectivity index (χ0v) is 22.3. The smallest absolute Gasteiger partial charge is 0.317 e. The van der Waals surface area contributed by atoms with Crippen molar-refractivity contribution >= 4 is 29.2 Å². The van der Waals surface area contributed by atoms with Gasteiger partial charge in [0.25, 0.3) is 5.91 Å². The van der Waals surface area contributed by atoms with Crippen molar-refractivity contribution in [1.29, 1.82) is 0 Å². The Morgan fingerprint density at radius 1 is 0.846 bits per heavy atom. The van der Waals surface area contributed by atoms with Gasteiger partial charge in [-0.05, 0) is 54.7 Å². The summed E-state index contributed by atoms with van der Waals surface area (Å²) in [6.45, 7) is 3.76. The van der Waals surface area contributed by atoms with E-state index >= 15 is 0 Å². The Labute approximate surface area is 229 Å². The third-order valence-corrected chi connectivity index (χ3v) is 7.73. The van der Waals surface area contributed by atoms with Gasteiger partial charge in [0.15, 0.2) is 0 Å². The van der Waals surface area contributed by atoms with Crippen LogP contribution in [0.3, 0.4) is 0 Å². The van der Waals surface area contributed by atoms with E-state index in [9.17, 15) is 14.4 Å². The van der Waals surface area contributed by atoms with E-state index in [1.165, 1.54) is 5.56 Å². The summed E-state index contributed by atoms with van der Waals surface area (Å²) >= 11 is 0. The Bertz CT molecular complexity index is 1290. The van der Waals surface area contributed by atoms with E-state index in [2.05, 4.69) is 22.5 Å². The van der Waals surface area contributed by atoms with Crippen LogP contribution in [0.4, 0.5) is 16.2 Å². The first-order chi connectivity index (χ1) is 19.0. The number of hydrogen-bond acceptors (Lipinski definition) is 4. The van der Waals surface area contributed by atoms with E-state index in [0.717, 1.165) is 17.7 Å². The highest BCUT2D eigenvalue weighted by atomic mass is 16.2. The van der Waals surface area contributed by atoms with Gasteiger partial charge in [-0.15, -0.1) is 0 Å². The maximum absolute atomic E-state index is 13.9. The molecule has 1 spiro atoms. The maximum atomic E-state index is 13.9. The predicted octanol–water partition coefficient (Wildman–Crippen LogP) is 4.24. The van der Waals surface area contributed by atoms with Gasteiger partial charge in [0.05, 0.1) is 6.67 Å². The van der Waals surface area contributed by atoms with Gasteiger partial charge in [-0.2, -0.15) is 0 Å². The normalized spacial score (nSPS) is 16.4. The van der Waals surface area contributed by atoms with Gasteiger partial charge >= 0.3 is 6.03 Å². The van der Waals surface area contributed by atoms with Crippen LogP contribution in [0, 0.1) is 0 Å². The lowest BCUT2D eigenvalue weighted by Crippen LogP contribution is -2.58. The Morgan fingerprint density at radius 3 is 2.13 bits per heavy atom. The fraction of sp³-hybridized carbons (Fsp3) is 0.323. The highest BCUT2D eigenvalue weighted by Crippen LogP contribution is 2.39. The maximum Gasteiger partial charge on any atom is 0.317 e. The van der Waals surface area contributed by atoms with Crippen LogP contribution in [-0.2, 0) is 22.6 Å². The van der Waals surface area contributed by atoms with Gasteiger partial charge in [-0.1, -0.05) is 67.6 Å². The van der Waals surface area contributed by atoms with Crippen molar-refractivity contribution in [3.05, 3.63) is 96.1 Å². The summed E-state index contributed by atoms with van der Waals surface area (Å²) in [6.07, 6.45) is 1.92. The molecule has 0 saturated carbocycles. The van der Waals surface area contributed by atoms with E-state index in [-0.39, 0.29) is 24.4 Å². The first-order valence-electron chi connectivity index (χ1n) is 13.6. The Kier molecular flexibility index (Phi) is 7.81. The molecule has 0 radical (unpaired) electrons. The Morgan fingerprint density at radius 2 is 1.49 bits per heavy atom. The summed E-state index contributed by atoms with van der Waals surface area (Å²) in [5.41, 5.74) is 3.10. The summed E-state index contributed by atoms with van der Waals surface area (Å²) in [5, 5.41) is 5.92. The molecule has 0 bridgehead atoms. The van der Waals surface area contributed by atoms with E-state index in [1.54, 1.807) is 9.80 Å². The number of amides is 4. The van der Waals surface area contributed by atoms with Crippen molar-refractivity contribution in [2.24, 2.45) is 0 Å². The average Bonchev–Trinajstić information content (AvgIpc) is 3.23. The van der Waals surface area contributed by atoms with Gasteiger partial charge in [0, 0.05) is 31.0 Å². The quantitative estimate of drug-likeness (QED) is 0.483. The van der Waals surface area contributed by atoms with Gasteiger partial charge in [-0.25, -0.2) is 4.79 Å². The molecular formula is C31H35N5O3. The molecular weight excluding hydrogens is 490 g/mol. The first kappa shape index (κ1) is 26.3. The van der Waals surface area contributed by atoms with Crippen molar-refractivity contribution < 1.29 is 14.4 Å². The Balaban J connectivity index is 1.26. The van der Waals surface area contributed by atoms with Gasteiger partial charge in [0.2, 0.25) is 5.91 Å². The average molecular weight is 526 g/mol. The number of carbonyl (C=O) groups excluding carboxylic acids is 3. The molecule has 3 aromatic carbocycles. The molecule has 2 heterocycles. The van der Waals surface area contributed by atoms with E-state index < -0.39 is 5.54 Å². The zero-order chi connectivity index (χ0) is 27.2. The summed E-state index contributed by atoms with van der Waals surface area (Å²) in [7, 11) is 0. The molecule has 2 fully saturated rings. The van der Waals surface area contributed by atoms with Crippen LogP contribution < -0.4 is 15.5 Å². The van der Waals surface area contributed by atoms with Crippen LogP contribution in [-0.4, -0.2) is 59.5 Å². The van der Waals surface area contributed by atoms with Crippen LogP contribution >= 0.6 is 0 Å². The molecule has 3 aromatic rings. The number of benzene rings is 3. The number of anilines is 2. The van der Waals surface area contributed by atoms with Crippen molar-refractivity contribution in [2.75, 3.05) is 36.5 Å². The molecule has 0 aliphatic carbocycles. The fourth-order valence-corrected chi connectivity index (χ4v) is 5.49. The lowest BCUT2D eigenvalue weighted by atomic mass is 9.85. The van der Waals surface area contributed by atoms with Crippen LogP contribution in [0.1, 0.15) is 30.9 Å². The molecule has 39 heavy (non-hydrogen) atoms. The molecule has 8 nitrogen and oxygen atoms in total. The third-order valence-electron chi connectivity index (χ3n) is 7.73. The molecule has 2 aliphatic heterocycles. The second kappa shape index (κ2) is 11.6. The molecule has 5 rings (SSSR count). The minimum Gasteiger partial charge on any atom is -0.339 e. The molecule has 8 heteroatoms. The summed E-state index contributed by atoms with van der Waals surface area (Å²) in [4.78, 5) is 45.2. The summed E-state index contributed by atoms with van der Waals surface area (Å²) < 4.78 is 0. The number of nitrogens with one attached hydrogen (secondary N) is 2. The molecule has 0 unspecified atom stereocenters. The molecule has 2 aliphatic rings. The first-order valence-corrected chi connectivity index (χ1v) is 13.6. The van der Waals surface area contributed by atoms with E-state index in [1.807, 2.05) is 84.9 Å². The van der Waals surface area contributed by atoms with Gasteiger partial charge in [0.1, 0.15) is 12.1 Å². The number of urea groups is 1. The van der Waals surface area contributed by atoms with Crippen molar-refractivity contribution in [3.63, 3.8) is 0 Å². The largest absolute Gasteiger partial charge is 0.339 e. The van der Waals surface area contributed by atoms with E-state index in [0.29, 0.717) is 44.8 Å². The third kappa shape index (κ3) is 5.74. The monoisotopic (exact) mass is 525 g/mol. The van der Waals surface area contributed by atoms with Crippen LogP contribution in [0.5, 0.6) is 0 Å². The highest BCUT2D eigenvalue weighted by molar-refractivity contribution is 5.99. The number of para-hydroxylation sites is 1. The molecule has 202 valence electrons. The second-order valence-corrected chi connectivity index (χ2v) is 10.2. The molecule has 2 N–H and O–H groups in total. The van der Waals surface area contributed by atoms with Crippen molar-refractivity contribution in [3.8, 4) is 0 Å². The Hall–Kier alpha value is -4.33. The number of carbonyl (C=O) groups is 3. The zero-order valence-electron chi connectivity index (χ0n) is 22.3. The number of piperidine rings is 1. The van der Waals surface area contributed by atoms with Crippen LogP contribution in [0.25, 0.3) is 0 Å². The van der Waals surface area contributed by atoms with Gasteiger partial charge in [-0.3, -0.25) is 9.59 Å². The van der Waals surface area contributed by atoms with Crippen LogP contribution in [0.15, 0.2) is 84.9 Å². The fourth-order valence-electron chi connectivity index (χ4n) is 5.49. The van der Waals surface area contributed by atoms with Crippen molar-refractivity contribution in [1.82, 2.24) is 15.1 Å². The molecule has 0 atom stereocenters. The number of aryl methyl sites for hydroxylation is 1. The molecule has 4 amide bonds. The lowest BCUT2D eigenvalue weighted by molar-refractivity contribution is -0.136. The number of rotatable bonds is 7. The van der Waals surface area contributed by atoms with Crippen molar-refractivity contribution in [2.45, 2.75) is 38.3 Å². The second-order valence-electron chi connectivity index (χ2n) is 10.2. The minimum atomic E-state index is -0.791. The lowest BCUT2D eigenvalue weighted by Gasteiger charge is -2.43. The number of nitrogens with zero attached hydrogens (tertiary/aromatic N) is 3. The summed E-state index contributed by atoms with van der Waals surface area (Å²) in [6, 6.07) is 27.3. The van der Waals surface area contributed by atoms with Gasteiger partial charge < -0.3 is 25.3 Å². The topological polar surface area (TPSA) is 85.0 Å². The number of hydrogen-bond donors (Lipinski definition) is 2. The minimum absolute atomic E-state index is 0.0271.